The van der Waals surface area contributed by atoms with Crippen LogP contribution < -0.4 is 10.1 Å². The quantitative estimate of drug-likeness (QED) is 0.834. The summed E-state index contributed by atoms with van der Waals surface area (Å²) < 4.78 is 19.8. The molecule has 1 unspecified atom stereocenters. The van der Waals surface area contributed by atoms with Gasteiger partial charge in [-0.1, -0.05) is 12.1 Å². The molecular formula is C22H25FN4O3. The van der Waals surface area contributed by atoms with Gasteiger partial charge >= 0.3 is 6.03 Å². The average molecular weight is 412 g/mol. The molecule has 1 atom stereocenters. The second-order valence-electron chi connectivity index (χ2n) is 7.59. The van der Waals surface area contributed by atoms with E-state index in [2.05, 4.69) is 10.3 Å². The maximum absolute atomic E-state index is 13.8. The van der Waals surface area contributed by atoms with Gasteiger partial charge in [0, 0.05) is 32.3 Å². The summed E-state index contributed by atoms with van der Waals surface area (Å²) >= 11 is 0. The zero-order valence-corrected chi connectivity index (χ0v) is 16.7. The molecule has 2 aliphatic heterocycles. The fourth-order valence-electron chi connectivity index (χ4n) is 3.84. The lowest BCUT2D eigenvalue weighted by atomic mass is 10.1. The number of halogens is 1. The number of carbonyl (C=O) groups excluding carboxylic acids is 2. The van der Waals surface area contributed by atoms with E-state index in [9.17, 15) is 14.0 Å². The summed E-state index contributed by atoms with van der Waals surface area (Å²) in [6, 6.07) is 9.13. The third-order valence-electron chi connectivity index (χ3n) is 5.47. The molecule has 2 aliphatic rings. The van der Waals surface area contributed by atoms with Gasteiger partial charge in [-0.05, 0) is 43.5 Å². The van der Waals surface area contributed by atoms with E-state index in [1.54, 1.807) is 35.4 Å². The van der Waals surface area contributed by atoms with Gasteiger partial charge in [-0.15, -0.1) is 0 Å². The molecular weight excluding hydrogens is 387 g/mol. The van der Waals surface area contributed by atoms with Gasteiger partial charge in [0.05, 0.1) is 12.2 Å². The van der Waals surface area contributed by atoms with Crippen LogP contribution in [0, 0.1) is 5.82 Å². The van der Waals surface area contributed by atoms with Crippen molar-refractivity contribution >= 4 is 17.6 Å². The molecule has 0 aliphatic carbocycles. The van der Waals surface area contributed by atoms with Crippen molar-refractivity contribution in [3.8, 4) is 5.88 Å². The minimum absolute atomic E-state index is 0.0649. The van der Waals surface area contributed by atoms with Gasteiger partial charge in [0.1, 0.15) is 17.5 Å². The summed E-state index contributed by atoms with van der Waals surface area (Å²) in [4.78, 5) is 33.0. The topological polar surface area (TPSA) is 74.8 Å². The Hall–Kier alpha value is -3.16. The minimum Gasteiger partial charge on any atom is -0.472 e. The van der Waals surface area contributed by atoms with E-state index in [4.69, 9.17) is 4.74 Å². The summed E-state index contributed by atoms with van der Waals surface area (Å²) in [7, 11) is 0. The number of anilines is 1. The highest BCUT2D eigenvalue weighted by molar-refractivity contribution is 5.96. The van der Waals surface area contributed by atoms with Gasteiger partial charge in [0.2, 0.25) is 5.88 Å². The summed E-state index contributed by atoms with van der Waals surface area (Å²) in [6.45, 7) is 2.32. The smallest absolute Gasteiger partial charge is 0.322 e. The number of piperidine rings is 1. The first-order valence-electron chi connectivity index (χ1n) is 10.3. The van der Waals surface area contributed by atoms with Crippen LogP contribution in [-0.4, -0.2) is 59.0 Å². The van der Waals surface area contributed by atoms with Gasteiger partial charge < -0.3 is 19.9 Å². The maximum atomic E-state index is 13.8. The lowest BCUT2D eigenvalue weighted by molar-refractivity contribution is 0.0715. The number of hydrogen-bond donors (Lipinski definition) is 1. The van der Waals surface area contributed by atoms with Gasteiger partial charge in [-0.25, -0.2) is 14.2 Å². The third-order valence-corrected chi connectivity index (χ3v) is 5.47. The highest BCUT2D eigenvalue weighted by Gasteiger charge is 2.30. The van der Waals surface area contributed by atoms with Crippen molar-refractivity contribution in [3.05, 3.63) is 54.0 Å². The summed E-state index contributed by atoms with van der Waals surface area (Å²) in [5.41, 5.74) is 0.597. The predicted octanol–water partition coefficient (Wildman–Crippen LogP) is 3.53. The van der Waals surface area contributed by atoms with E-state index in [1.807, 2.05) is 4.90 Å². The van der Waals surface area contributed by atoms with E-state index in [1.165, 1.54) is 12.1 Å². The van der Waals surface area contributed by atoms with Crippen LogP contribution in [0.25, 0.3) is 0 Å². The Bertz CT molecular complexity index is 917. The summed E-state index contributed by atoms with van der Waals surface area (Å²) in [5, 5.41) is 2.59. The molecule has 2 aromatic rings. The maximum Gasteiger partial charge on any atom is 0.322 e. The Morgan fingerprint density at radius 3 is 2.63 bits per heavy atom. The lowest BCUT2D eigenvalue weighted by Gasteiger charge is -2.27. The standard InChI is InChI=1S/C22H25FN4O3/c23-18-8-2-3-9-19(18)25-22(29)27-14-10-16(15-27)30-20-17(7-6-11-24-20)21(28)26-12-4-1-5-13-26/h2-3,6-9,11,16H,1,4-5,10,12-15H2,(H,25,29). The Balaban J connectivity index is 1.38. The number of nitrogens with zero attached hydrogens (tertiary/aromatic N) is 3. The van der Waals surface area contributed by atoms with E-state index >= 15 is 0 Å². The molecule has 8 heteroatoms. The molecule has 3 heterocycles. The molecule has 30 heavy (non-hydrogen) atoms. The molecule has 0 radical (unpaired) electrons. The van der Waals surface area contributed by atoms with Crippen LogP contribution in [0.3, 0.4) is 0 Å². The molecule has 7 nitrogen and oxygen atoms in total. The van der Waals surface area contributed by atoms with E-state index in [0.29, 0.717) is 31.0 Å². The van der Waals surface area contributed by atoms with Crippen molar-refractivity contribution in [1.29, 1.82) is 0 Å². The molecule has 2 saturated heterocycles. The minimum atomic E-state index is -0.479. The normalized spacial score (nSPS) is 18.9. The summed E-state index contributed by atoms with van der Waals surface area (Å²) in [5.74, 6) is -0.244. The molecule has 1 N–H and O–H groups in total. The van der Waals surface area contributed by atoms with E-state index in [0.717, 1.165) is 32.4 Å². The Labute approximate surface area is 174 Å². The van der Waals surface area contributed by atoms with Gasteiger partial charge in [0.15, 0.2) is 0 Å². The first-order valence-corrected chi connectivity index (χ1v) is 10.3. The van der Waals surface area contributed by atoms with Crippen LogP contribution in [0.4, 0.5) is 14.9 Å². The molecule has 0 saturated carbocycles. The van der Waals surface area contributed by atoms with Crippen molar-refractivity contribution < 1.29 is 18.7 Å². The molecule has 158 valence electrons. The number of benzene rings is 1. The van der Waals surface area contributed by atoms with Crippen molar-refractivity contribution in [1.82, 2.24) is 14.8 Å². The number of rotatable bonds is 4. The lowest BCUT2D eigenvalue weighted by Crippen LogP contribution is -2.36. The second-order valence-corrected chi connectivity index (χ2v) is 7.59. The fraction of sp³-hybridized carbons (Fsp3) is 0.409. The molecule has 1 aromatic heterocycles. The first-order chi connectivity index (χ1) is 14.6. The predicted molar refractivity (Wildman–Crippen MR) is 110 cm³/mol. The second kappa shape index (κ2) is 9.11. The van der Waals surface area contributed by atoms with Gasteiger partial charge in [0.25, 0.3) is 5.91 Å². The van der Waals surface area contributed by atoms with Gasteiger partial charge in [-0.2, -0.15) is 0 Å². The summed E-state index contributed by atoms with van der Waals surface area (Å²) in [6.07, 6.45) is 5.10. The van der Waals surface area contributed by atoms with Crippen molar-refractivity contribution in [2.45, 2.75) is 31.8 Å². The number of urea groups is 1. The number of aromatic nitrogens is 1. The number of ether oxygens (including phenoxy) is 1. The number of nitrogens with one attached hydrogen (secondary N) is 1. The number of carbonyl (C=O) groups is 2. The first kappa shape index (κ1) is 20.1. The van der Waals surface area contributed by atoms with Crippen molar-refractivity contribution in [2.75, 3.05) is 31.5 Å². The van der Waals surface area contributed by atoms with E-state index < -0.39 is 5.82 Å². The van der Waals surface area contributed by atoms with Gasteiger partial charge in [-0.3, -0.25) is 4.79 Å². The number of para-hydroxylation sites is 1. The molecule has 0 spiro atoms. The van der Waals surface area contributed by atoms with E-state index in [-0.39, 0.29) is 23.7 Å². The zero-order chi connectivity index (χ0) is 20.9. The highest BCUT2D eigenvalue weighted by atomic mass is 19.1. The molecule has 0 bridgehead atoms. The largest absolute Gasteiger partial charge is 0.472 e. The number of amides is 3. The third kappa shape index (κ3) is 4.53. The zero-order valence-electron chi connectivity index (χ0n) is 16.7. The number of likely N-dealkylation sites (tertiary alicyclic amines) is 2. The van der Waals surface area contributed by atoms with Crippen LogP contribution in [0.15, 0.2) is 42.6 Å². The average Bonchev–Trinajstić information content (AvgIpc) is 3.24. The Morgan fingerprint density at radius 1 is 1.03 bits per heavy atom. The number of hydrogen-bond acceptors (Lipinski definition) is 4. The molecule has 3 amide bonds. The van der Waals surface area contributed by atoms with Crippen LogP contribution in [0.1, 0.15) is 36.0 Å². The molecule has 4 rings (SSSR count). The van der Waals surface area contributed by atoms with Crippen molar-refractivity contribution in [3.63, 3.8) is 0 Å². The molecule has 1 aromatic carbocycles. The van der Waals surface area contributed by atoms with Crippen LogP contribution in [-0.2, 0) is 0 Å². The molecule has 2 fully saturated rings. The highest BCUT2D eigenvalue weighted by Crippen LogP contribution is 2.24. The SMILES string of the molecule is O=C(Nc1ccccc1F)N1CCC(Oc2ncccc2C(=O)N2CCCCC2)C1. The Morgan fingerprint density at radius 2 is 1.83 bits per heavy atom. The van der Waals surface area contributed by atoms with Crippen molar-refractivity contribution in [2.24, 2.45) is 0 Å². The van der Waals surface area contributed by atoms with Crippen LogP contribution in [0.2, 0.25) is 0 Å². The van der Waals surface area contributed by atoms with Crippen LogP contribution in [0.5, 0.6) is 5.88 Å². The Kier molecular flexibility index (Phi) is 6.11. The van der Waals surface area contributed by atoms with Crippen LogP contribution >= 0.6 is 0 Å². The monoisotopic (exact) mass is 412 g/mol. The fourth-order valence-corrected chi connectivity index (χ4v) is 3.84. The number of pyridine rings is 1.